The van der Waals surface area contributed by atoms with Gasteiger partial charge in [0.2, 0.25) is 0 Å². The van der Waals surface area contributed by atoms with Gasteiger partial charge in [-0.05, 0) is 39.2 Å². The van der Waals surface area contributed by atoms with E-state index in [0.29, 0.717) is 12.1 Å². The van der Waals surface area contributed by atoms with Gasteiger partial charge in [-0.1, -0.05) is 6.92 Å². The Bertz CT molecular complexity index is 110. The van der Waals surface area contributed by atoms with Crippen molar-refractivity contribution < 1.29 is 4.74 Å². The molecule has 1 rings (SSSR count). The Hall–Kier alpha value is -0.0800. The lowest BCUT2D eigenvalue weighted by Crippen LogP contribution is -2.41. The summed E-state index contributed by atoms with van der Waals surface area (Å²) in [4.78, 5) is 0. The first-order valence-corrected chi connectivity index (χ1v) is 5.19. The normalized spacial score (nSPS) is 27.0. The first-order chi connectivity index (χ1) is 5.84. The van der Waals surface area contributed by atoms with Gasteiger partial charge in [-0.15, -0.1) is 0 Å². The summed E-state index contributed by atoms with van der Waals surface area (Å²) in [5.74, 6) is 0. The molecule has 0 bridgehead atoms. The zero-order valence-corrected chi connectivity index (χ0v) is 8.31. The number of hydrogen-bond acceptors (Lipinski definition) is 2. The van der Waals surface area contributed by atoms with Gasteiger partial charge in [-0.25, -0.2) is 0 Å². The molecule has 0 aromatic heterocycles. The van der Waals surface area contributed by atoms with Gasteiger partial charge in [0.1, 0.15) is 0 Å². The van der Waals surface area contributed by atoms with Crippen LogP contribution in [-0.2, 0) is 4.74 Å². The first-order valence-electron chi connectivity index (χ1n) is 5.19. The van der Waals surface area contributed by atoms with E-state index >= 15 is 0 Å². The summed E-state index contributed by atoms with van der Waals surface area (Å²) in [6.07, 6.45) is 5.49. The molecule has 72 valence electrons. The fourth-order valence-electron chi connectivity index (χ4n) is 1.66. The van der Waals surface area contributed by atoms with Crippen LogP contribution in [0.1, 0.15) is 39.5 Å². The van der Waals surface area contributed by atoms with Crippen molar-refractivity contribution in [3.05, 3.63) is 0 Å². The molecule has 1 aliphatic heterocycles. The van der Waals surface area contributed by atoms with Crippen molar-refractivity contribution in [1.29, 1.82) is 0 Å². The molecule has 0 radical (unpaired) electrons. The molecule has 2 atom stereocenters. The summed E-state index contributed by atoms with van der Waals surface area (Å²) in [6.45, 7) is 6.50. The molecule has 0 saturated carbocycles. The molecule has 2 heteroatoms. The van der Waals surface area contributed by atoms with Gasteiger partial charge in [0.05, 0.1) is 6.10 Å². The smallest absolute Gasteiger partial charge is 0.0725 e. The Kier molecular flexibility index (Phi) is 4.62. The highest BCUT2D eigenvalue weighted by atomic mass is 16.5. The van der Waals surface area contributed by atoms with Crippen LogP contribution in [-0.4, -0.2) is 25.3 Å². The Morgan fingerprint density at radius 2 is 2.33 bits per heavy atom. The lowest BCUT2D eigenvalue weighted by molar-refractivity contribution is -0.00352. The summed E-state index contributed by atoms with van der Waals surface area (Å²) in [7, 11) is 0. The van der Waals surface area contributed by atoms with Crippen LogP contribution in [0.25, 0.3) is 0 Å². The van der Waals surface area contributed by atoms with Gasteiger partial charge >= 0.3 is 0 Å². The molecule has 1 saturated heterocycles. The van der Waals surface area contributed by atoms with Crippen LogP contribution >= 0.6 is 0 Å². The van der Waals surface area contributed by atoms with Crippen LogP contribution in [0.4, 0.5) is 0 Å². The summed E-state index contributed by atoms with van der Waals surface area (Å²) in [6, 6.07) is 0.533. The molecule has 12 heavy (non-hydrogen) atoms. The predicted molar refractivity (Wildman–Crippen MR) is 51.3 cm³/mol. The monoisotopic (exact) mass is 171 g/mol. The van der Waals surface area contributed by atoms with Crippen molar-refractivity contribution in [2.75, 3.05) is 13.2 Å². The maximum Gasteiger partial charge on any atom is 0.0725 e. The molecule has 2 unspecified atom stereocenters. The van der Waals surface area contributed by atoms with Crippen LogP contribution in [0.15, 0.2) is 0 Å². The van der Waals surface area contributed by atoms with Gasteiger partial charge in [-0.3, -0.25) is 0 Å². The molecule has 0 amide bonds. The Balaban J connectivity index is 2.15. The zero-order chi connectivity index (χ0) is 8.81. The highest BCUT2D eigenvalue weighted by Gasteiger charge is 2.19. The standard InChI is InChI=1S/C10H21NO/c1-3-7-11-9(2)10-6-4-5-8-12-10/h9-11H,3-8H2,1-2H3. The van der Waals surface area contributed by atoms with Crippen LogP contribution in [0.3, 0.4) is 0 Å². The van der Waals surface area contributed by atoms with E-state index in [4.69, 9.17) is 4.74 Å². The summed E-state index contributed by atoms with van der Waals surface area (Å²) in [5.41, 5.74) is 0. The maximum atomic E-state index is 5.67. The first kappa shape index (κ1) is 10.0. The molecule has 1 heterocycles. The molecular weight excluding hydrogens is 150 g/mol. The average Bonchev–Trinajstić information content (AvgIpc) is 2.15. The van der Waals surface area contributed by atoms with E-state index in [0.717, 1.165) is 13.2 Å². The van der Waals surface area contributed by atoms with E-state index in [1.54, 1.807) is 0 Å². The molecule has 0 aromatic rings. The second-order valence-electron chi connectivity index (χ2n) is 3.65. The Morgan fingerprint density at radius 3 is 2.92 bits per heavy atom. The van der Waals surface area contributed by atoms with Gasteiger partial charge in [0.15, 0.2) is 0 Å². The van der Waals surface area contributed by atoms with Gasteiger partial charge < -0.3 is 10.1 Å². The third-order valence-corrected chi connectivity index (χ3v) is 2.49. The topological polar surface area (TPSA) is 21.3 Å². The molecule has 0 spiro atoms. The molecule has 1 N–H and O–H groups in total. The second-order valence-corrected chi connectivity index (χ2v) is 3.65. The summed E-state index contributed by atoms with van der Waals surface area (Å²) in [5, 5.41) is 3.48. The van der Waals surface area contributed by atoms with E-state index < -0.39 is 0 Å². The molecular formula is C10H21NO. The van der Waals surface area contributed by atoms with Gasteiger partial charge in [-0.2, -0.15) is 0 Å². The maximum absolute atomic E-state index is 5.67. The highest BCUT2D eigenvalue weighted by molar-refractivity contribution is 4.74. The molecule has 1 fully saturated rings. The van der Waals surface area contributed by atoms with Crippen molar-refractivity contribution in [3.63, 3.8) is 0 Å². The minimum absolute atomic E-state index is 0.463. The second kappa shape index (κ2) is 5.55. The minimum atomic E-state index is 0.463. The van der Waals surface area contributed by atoms with Gasteiger partial charge in [0, 0.05) is 12.6 Å². The zero-order valence-electron chi connectivity index (χ0n) is 8.31. The van der Waals surface area contributed by atoms with E-state index in [1.807, 2.05) is 0 Å². The third-order valence-electron chi connectivity index (χ3n) is 2.49. The van der Waals surface area contributed by atoms with Crippen molar-refractivity contribution in [1.82, 2.24) is 5.32 Å². The lowest BCUT2D eigenvalue weighted by Gasteiger charge is -2.28. The minimum Gasteiger partial charge on any atom is -0.377 e. The van der Waals surface area contributed by atoms with Gasteiger partial charge in [0.25, 0.3) is 0 Å². The number of hydrogen-bond donors (Lipinski definition) is 1. The molecule has 0 aromatic carbocycles. The molecule has 2 nitrogen and oxygen atoms in total. The summed E-state index contributed by atoms with van der Waals surface area (Å²) < 4.78 is 5.67. The molecule has 1 aliphatic rings. The quantitative estimate of drug-likeness (QED) is 0.698. The Morgan fingerprint density at radius 1 is 1.50 bits per heavy atom. The van der Waals surface area contributed by atoms with Crippen molar-refractivity contribution >= 4 is 0 Å². The number of nitrogens with one attached hydrogen (secondary N) is 1. The summed E-state index contributed by atoms with van der Waals surface area (Å²) >= 11 is 0. The molecule has 0 aliphatic carbocycles. The Labute approximate surface area is 75.7 Å². The van der Waals surface area contributed by atoms with Crippen molar-refractivity contribution in [2.24, 2.45) is 0 Å². The van der Waals surface area contributed by atoms with E-state index in [9.17, 15) is 0 Å². The largest absolute Gasteiger partial charge is 0.377 e. The van der Waals surface area contributed by atoms with Crippen LogP contribution in [0.5, 0.6) is 0 Å². The van der Waals surface area contributed by atoms with E-state index in [1.165, 1.54) is 25.7 Å². The number of rotatable bonds is 4. The van der Waals surface area contributed by atoms with E-state index in [2.05, 4.69) is 19.2 Å². The third kappa shape index (κ3) is 3.11. The lowest BCUT2D eigenvalue weighted by atomic mass is 10.0. The fraction of sp³-hybridized carbons (Fsp3) is 1.00. The van der Waals surface area contributed by atoms with E-state index in [-0.39, 0.29) is 0 Å². The SMILES string of the molecule is CCCNC(C)C1CCCCO1. The van der Waals surface area contributed by atoms with Crippen LogP contribution < -0.4 is 5.32 Å². The van der Waals surface area contributed by atoms with Crippen LogP contribution in [0, 0.1) is 0 Å². The average molecular weight is 171 g/mol. The fourth-order valence-corrected chi connectivity index (χ4v) is 1.66. The predicted octanol–water partition coefficient (Wildman–Crippen LogP) is 1.94. The van der Waals surface area contributed by atoms with Crippen molar-refractivity contribution in [2.45, 2.75) is 51.7 Å². The van der Waals surface area contributed by atoms with Crippen LogP contribution in [0.2, 0.25) is 0 Å². The highest BCUT2D eigenvalue weighted by Crippen LogP contribution is 2.15. The number of ether oxygens (including phenoxy) is 1. The van der Waals surface area contributed by atoms with Crippen molar-refractivity contribution in [3.8, 4) is 0 Å².